The van der Waals surface area contributed by atoms with Crippen molar-refractivity contribution in [3.8, 4) is 0 Å². The first-order valence-electron chi connectivity index (χ1n) is 4.82. The molecule has 0 spiro atoms. The lowest BCUT2D eigenvalue weighted by atomic mass is 10.3. The molecule has 0 radical (unpaired) electrons. The summed E-state index contributed by atoms with van der Waals surface area (Å²) < 4.78 is 2.77. The Morgan fingerprint density at radius 2 is 2.12 bits per heavy atom. The van der Waals surface area contributed by atoms with Gasteiger partial charge in [-0.1, -0.05) is 11.3 Å². The lowest BCUT2D eigenvalue weighted by Gasteiger charge is -2.00. The predicted molar refractivity (Wildman–Crippen MR) is 64.6 cm³/mol. The molecule has 0 amide bonds. The van der Waals surface area contributed by atoms with Gasteiger partial charge in [0.15, 0.2) is 4.34 Å². The SMILES string of the molecule is Cc1nnc(Sc2c(CN)c(C)nn2C)s1. The van der Waals surface area contributed by atoms with Gasteiger partial charge in [0.1, 0.15) is 10.0 Å². The van der Waals surface area contributed by atoms with Gasteiger partial charge in [-0.2, -0.15) is 5.10 Å². The summed E-state index contributed by atoms with van der Waals surface area (Å²) in [5.74, 6) is 0. The average molecular weight is 255 g/mol. The maximum atomic E-state index is 5.72. The maximum absolute atomic E-state index is 5.72. The fraction of sp³-hybridized carbons (Fsp3) is 0.444. The first-order valence-corrected chi connectivity index (χ1v) is 6.45. The predicted octanol–water partition coefficient (Wildman–Crippen LogP) is 1.50. The van der Waals surface area contributed by atoms with Crippen molar-refractivity contribution in [2.45, 2.75) is 29.8 Å². The minimum absolute atomic E-state index is 0.500. The van der Waals surface area contributed by atoms with Crippen LogP contribution in [0.2, 0.25) is 0 Å². The highest BCUT2D eigenvalue weighted by atomic mass is 32.2. The summed E-state index contributed by atoms with van der Waals surface area (Å²) in [6, 6.07) is 0. The molecule has 2 aromatic rings. The molecule has 2 aromatic heterocycles. The van der Waals surface area contributed by atoms with Crippen LogP contribution < -0.4 is 5.73 Å². The molecule has 16 heavy (non-hydrogen) atoms. The summed E-state index contributed by atoms with van der Waals surface area (Å²) in [5, 5.41) is 14.5. The number of aromatic nitrogens is 4. The van der Waals surface area contributed by atoms with Crippen molar-refractivity contribution in [3.63, 3.8) is 0 Å². The van der Waals surface area contributed by atoms with Crippen LogP contribution in [0.3, 0.4) is 0 Å². The maximum Gasteiger partial charge on any atom is 0.180 e. The fourth-order valence-corrected chi connectivity index (χ4v) is 3.40. The minimum atomic E-state index is 0.500. The molecule has 7 heteroatoms. The molecule has 0 saturated carbocycles. The third-order valence-electron chi connectivity index (χ3n) is 2.18. The van der Waals surface area contributed by atoms with Crippen LogP contribution in [0, 0.1) is 13.8 Å². The molecule has 86 valence electrons. The van der Waals surface area contributed by atoms with E-state index in [9.17, 15) is 0 Å². The third-order valence-corrected chi connectivity index (χ3v) is 4.28. The third kappa shape index (κ3) is 2.11. The molecule has 2 N–H and O–H groups in total. The van der Waals surface area contributed by atoms with Crippen molar-refractivity contribution >= 4 is 23.1 Å². The summed E-state index contributed by atoms with van der Waals surface area (Å²) >= 11 is 3.15. The highest BCUT2D eigenvalue weighted by molar-refractivity contribution is 8.01. The molecule has 2 heterocycles. The Balaban J connectivity index is 2.33. The van der Waals surface area contributed by atoms with Gasteiger partial charge in [0.05, 0.1) is 5.69 Å². The zero-order valence-electron chi connectivity index (χ0n) is 9.39. The van der Waals surface area contributed by atoms with Gasteiger partial charge in [0, 0.05) is 19.2 Å². The minimum Gasteiger partial charge on any atom is -0.326 e. The van der Waals surface area contributed by atoms with Gasteiger partial charge in [0.2, 0.25) is 0 Å². The lowest BCUT2D eigenvalue weighted by Crippen LogP contribution is -1.99. The second-order valence-electron chi connectivity index (χ2n) is 3.39. The number of nitrogens with two attached hydrogens (primary N) is 1. The van der Waals surface area contributed by atoms with E-state index in [4.69, 9.17) is 5.73 Å². The number of aryl methyl sites for hydroxylation is 3. The van der Waals surface area contributed by atoms with E-state index >= 15 is 0 Å². The first-order chi connectivity index (χ1) is 7.61. The van der Waals surface area contributed by atoms with E-state index in [0.29, 0.717) is 6.54 Å². The van der Waals surface area contributed by atoms with Crippen molar-refractivity contribution in [1.29, 1.82) is 0 Å². The largest absolute Gasteiger partial charge is 0.326 e. The Hall–Kier alpha value is -0.920. The number of hydrogen-bond donors (Lipinski definition) is 1. The average Bonchev–Trinajstić information content (AvgIpc) is 2.73. The molecule has 0 bridgehead atoms. The van der Waals surface area contributed by atoms with E-state index in [1.54, 1.807) is 23.1 Å². The molecule has 0 aliphatic carbocycles. The molecule has 0 aromatic carbocycles. The van der Waals surface area contributed by atoms with Crippen LogP contribution in [-0.2, 0) is 13.6 Å². The molecular formula is C9H13N5S2. The summed E-state index contributed by atoms with van der Waals surface area (Å²) in [6.07, 6.45) is 0. The van der Waals surface area contributed by atoms with Crippen LogP contribution in [0.4, 0.5) is 0 Å². The second-order valence-corrected chi connectivity index (χ2v) is 5.80. The molecule has 0 aliphatic rings. The van der Waals surface area contributed by atoms with E-state index in [2.05, 4.69) is 15.3 Å². The zero-order valence-corrected chi connectivity index (χ0v) is 11.0. The summed E-state index contributed by atoms with van der Waals surface area (Å²) in [5.41, 5.74) is 7.79. The van der Waals surface area contributed by atoms with Gasteiger partial charge in [-0.15, -0.1) is 10.2 Å². The van der Waals surface area contributed by atoms with Crippen molar-refractivity contribution in [3.05, 3.63) is 16.3 Å². The van der Waals surface area contributed by atoms with Gasteiger partial charge >= 0.3 is 0 Å². The normalized spacial score (nSPS) is 11.0. The number of rotatable bonds is 3. The molecule has 0 unspecified atom stereocenters. The van der Waals surface area contributed by atoms with Gasteiger partial charge in [-0.3, -0.25) is 4.68 Å². The van der Waals surface area contributed by atoms with Crippen LogP contribution in [0.15, 0.2) is 9.37 Å². The second kappa shape index (κ2) is 4.52. The highest BCUT2D eigenvalue weighted by Gasteiger charge is 2.14. The molecule has 0 aliphatic heterocycles. The standard InChI is InChI=1S/C9H13N5S2/c1-5-7(4-10)8(14(3)13-5)16-9-12-11-6(2)15-9/h4,10H2,1-3H3. The lowest BCUT2D eigenvalue weighted by molar-refractivity contribution is 0.688. The van der Waals surface area contributed by atoms with E-state index in [-0.39, 0.29) is 0 Å². The first kappa shape index (κ1) is 11.6. The summed E-state index contributed by atoms with van der Waals surface area (Å²) in [6.45, 7) is 4.41. The fourth-order valence-electron chi connectivity index (χ4n) is 1.45. The van der Waals surface area contributed by atoms with Gasteiger partial charge in [-0.25, -0.2) is 0 Å². The van der Waals surface area contributed by atoms with Crippen LogP contribution in [0.1, 0.15) is 16.3 Å². The monoisotopic (exact) mass is 255 g/mol. The number of hydrogen-bond acceptors (Lipinski definition) is 6. The summed E-state index contributed by atoms with van der Waals surface area (Å²) in [4.78, 5) is 0. The van der Waals surface area contributed by atoms with Crippen molar-refractivity contribution in [1.82, 2.24) is 20.0 Å². The molecule has 0 fully saturated rings. The Morgan fingerprint density at radius 1 is 1.38 bits per heavy atom. The molecule has 0 saturated heterocycles. The van der Waals surface area contributed by atoms with E-state index in [1.165, 1.54) is 0 Å². The molecule has 0 atom stereocenters. The smallest absolute Gasteiger partial charge is 0.180 e. The van der Waals surface area contributed by atoms with Crippen molar-refractivity contribution < 1.29 is 0 Å². The zero-order chi connectivity index (χ0) is 11.7. The Bertz CT molecular complexity index is 502. The topological polar surface area (TPSA) is 69.6 Å². The van der Waals surface area contributed by atoms with Gasteiger partial charge in [0.25, 0.3) is 0 Å². The summed E-state index contributed by atoms with van der Waals surface area (Å²) in [7, 11) is 1.92. The van der Waals surface area contributed by atoms with Crippen LogP contribution >= 0.6 is 23.1 Å². The Labute approximate surface area is 102 Å². The highest BCUT2D eigenvalue weighted by Crippen LogP contribution is 2.32. The van der Waals surface area contributed by atoms with E-state index in [1.807, 2.05) is 25.6 Å². The van der Waals surface area contributed by atoms with Crippen LogP contribution in [0.25, 0.3) is 0 Å². The Kier molecular flexibility index (Phi) is 3.27. The molecular weight excluding hydrogens is 242 g/mol. The van der Waals surface area contributed by atoms with E-state index < -0.39 is 0 Å². The van der Waals surface area contributed by atoms with Crippen LogP contribution in [-0.4, -0.2) is 20.0 Å². The van der Waals surface area contributed by atoms with E-state index in [0.717, 1.165) is 25.6 Å². The van der Waals surface area contributed by atoms with Crippen molar-refractivity contribution in [2.24, 2.45) is 12.8 Å². The van der Waals surface area contributed by atoms with Gasteiger partial charge < -0.3 is 5.73 Å². The number of nitrogens with zero attached hydrogens (tertiary/aromatic N) is 4. The molecule has 2 rings (SSSR count). The molecule has 5 nitrogen and oxygen atoms in total. The van der Waals surface area contributed by atoms with Gasteiger partial charge in [-0.05, 0) is 25.6 Å². The van der Waals surface area contributed by atoms with Crippen LogP contribution in [0.5, 0.6) is 0 Å². The quantitative estimate of drug-likeness (QED) is 0.900. The van der Waals surface area contributed by atoms with Crippen molar-refractivity contribution in [2.75, 3.05) is 0 Å². The Morgan fingerprint density at radius 3 is 2.69 bits per heavy atom.